The number of benzene rings is 1. The molecule has 0 saturated heterocycles. The molecule has 0 aliphatic heterocycles. The van der Waals surface area contributed by atoms with Gasteiger partial charge in [-0.25, -0.2) is 4.98 Å². The van der Waals surface area contributed by atoms with Crippen LogP contribution in [0.5, 0.6) is 5.75 Å². The third kappa shape index (κ3) is 4.75. The van der Waals surface area contributed by atoms with Crippen LogP contribution in [0.25, 0.3) is 22.0 Å². The van der Waals surface area contributed by atoms with E-state index in [0.717, 1.165) is 64.8 Å². The fraction of sp³-hybridized carbons (Fsp3) is 0.417. The van der Waals surface area contributed by atoms with E-state index in [0.29, 0.717) is 0 Å². The second-order valence-electron chi connectivity index (χ2n) is 7.58. The number of methoxy groups -OCH3 is 1. The summed E-state index contributed by atoms with van der Waals surface area (Å²) in [6.45, 7) is 9.19. The SMILES string of the molecule is CCCCn1c(-c2csc(-c3ccc(OC)cc3)n2)cc(C(=O)NC(C)CC)c1C. The summed E-state index contributed by atoms with van der Waals surface area (Å²) in [5, 5.41) is 6.13. The highest BCUT2D eigenvalue weighted by Crippen LogP contribution is 2.32. The number of hydrogen-bond donors (Lipinski definition) is 1. The topological polar surface area (TPSA) is 56.2 Å². The van der Waals surface area contributed by atoms with E-state index in [1.165, 1.54) is 0 Å². The molecule has 5 nitrogen and oxygen atoms in total. The van der Waals surface area contributed by atoms with Crippen LogP contribution in [0.1, 0.15) is 56.1 Å². The molecule has 3 aromatic rings. The Kier molecular flexibility index (Phi) is 7.32. The van der Waals surface area contributed by atoms with Gasteiger partial charge in [0.05, 0.1) is 24.1 Å². The highest BCUT2D eigenvalue weighted by molar-refractivity contribution is 7.13. The minimum Gasteiger partial charge on any atom is -0.497 e. The van der Waals surface area contributed by atoms with Crippen molar-refractivity contribution in [2.45, 2.75) is 59.5 Å². The summed E-state index contributed by atoms with van der Waals surface area (Å²) in [5.74, 6) is 0.820. The van der Waals surface area contributed by atoms with Crippen molar-refractivity contribution < 1.29 is 9.53 Å². The number of nitrogens with one attached hydrogen (secondary N) is 1. The summed E-state index contributed by atoms with van der Waals surface area (Å²) >= 11 is 1.62. The molecule has 0 radical (unpaired) electrons. The first-order valence-electron chi connectivity index (χ1n) is 10.6. The van der Waals surface area contributed by atoms with E-state index in [9.17, 15) is 4.79 Å². The van der Waals surface area contributed by atoms with Crippen molar-refractivity contribution in [3.05, 3.63) is 47.0 Å². The Morgan fingerprint density at radius 2 is 2.00 bits per heavy atom. The van der Waals surface area contributed by atoms with Gasteiger partial charge in [-0.2, -0.15) is 0 Å². The average molecular weight is 426 g/mol. The fourth-order valence-electron chi connectivity index (χ4n) is 3.35. The largest absolute Gasteiger partial charge is 0.497 e. The summed E-state index contributed by atoms with van der Waals surface area (Å²) in [7, 11) is 1.66. The molecule has 3 rings (SSSR count). The smallest absolute Gasteiger partial charge is 0.253 e. The van der Waals surface area contributed by atoms with Crippen LogP contribution in [0, 0.1) is 6.92 Å². The third-order valence-electron chi connectivity index (χ3n) is 5.44. The Balaban J connectivity index is 1.96. The van der Waals surface area contributed by atoms with Crippen LogP contribution in [-0.2, 0) is 6.54 Å². The van der Waals surface area contributed by atoms with Gasteiger partial charge in [0.1, 0.15) is 10.8 Å². The molecule has 0 spiro atoms. The summed E-state index contributed by atoms with van der Waals surface area (Å²) in [4.78, 5) is 17.7. The second kappa shape index (κ2) is 9.94. The maximum absolute atomic E-state index is 12.8. The molecule has 0 saturated carbocycles. The molecule has 1 amide bonds. The fourth-order valence-corrected chi connectivity index (χ4v) is 4.17. The van der Waals surface area contributed by atoms with Crippen LogP contribution in [0.2, 0.25) is 0 Å². The summed E-state index contributed by atoms with van der Waals surface area (Å²) in [6.07, 6.45) is 3.07. The maximum atomic E-state index is 12.8. The number of unbranched alkanes of at least 4 members (excludes halogenated alkanes) is 1. The second-order valence-corrected chi connectivity index (χ2v) is 8.44. The number of aromatic nitrogens is 2. The van der Waals surface area contributed by atoms with E-state index >= 15 is 0 Å². The summed E-state index contributed by atoms with van der Waals surface area (Å²) < 4.78 is 7.49. The zero-order valence-corrected chi connectivity index (χ0v) is 19.3. The van der Waals surface area contributed by atoms with Crippen molar-refractivity contribution in [2.75, 3.05) is 7.11 Å². The van der Waals surface area contributed by atoms with Crippen molar-refractivity contribution in [3.8, 4) is 27.7 Å². The van der Waals surface area contributed by atoms with E-state index in [-0.39, 0.29) is 11.9 Å². The van der Waals surface area contributed by atoms with Gasteiger partial charge in [-0.1, -0.05) is 20.3 Å². The predicted octanol–water partition coefficient (Wildman–Crippen LogP) is 5.92. The first kappa shape index (κ1) is 22.1. The van der Waals surface area contributed by atoms with Crippen LogP contribution < -0.4 is 10.1 Å². The molecule has 0 bridgehead atoms. The molecule has 1 N–H and O–H groups in total. The van der Waals surface area contributed by atoms with E-state index in [2.05, 4.69) is 29.1 Å². The van der Waals surface area contributed by atoms with Crippen molar-refractivity contribution in [1.29, 1.82) is 0 Å². The summed E-state index contributed by atoms with van der Waals surface area (Å²) in [6, 6.07) is 10.1. The van der Waals surface area contributed by atoms with Gasteiger partial charge in [0.15, 0.2) is 0 Å². The van der Waals surface area contributed by atoms with Crippen LogP contribution in [-0.4, -0.2) is 28.6 Å². The Hall–Kier alpha value is -2.60. The molecule has 2 heterocycles. The van der Waals surface area contributed by atoms with E-state index in [1.54, 1.807) is 18.4 Å². The molecule has 1 unspecified atom stereocenters. The number of hydrogen-bond acceptors (Lipinski definition) is 4. The number of carbonyl (C=O) groups is 1. The average Bonchev–Trinajstić information content (AvgIpc) is 3.37. The number of amides is 1. The lowest BCUT2D eigenvalue weighted by Crippen LogP contribution is -2.32. The van der Waals surface area contributed by atoms with Gasteiger partial charge in [-0.05, 0) is 57.0 Å². The number of carbonyl (C=O) groups excluding carboxylic acids is 1. The lowest BCUT2D eigenvalue weighted by Gasteiger charge is -2.12. The van der Waals surface area contributed by atoms with Crippen molar-refractivity contribution in [1.82, 2.24) is 14.9 Å². The Bertz CT molecular complexity index is 989. The highest BCUT2D eigenvalue weighted by Gasteiger charge is 2.21. The minimum atomic E-state index is -0.0102. The van der Waals surface area contributed by atoms with Crippen LogP contribution in [0.3, 0.4) is 0 Å². The van der Waals surface area contributed by atoms with Gasteiger partial charge in [-0.15, -0.1) is 11.3 Å². The third-order valence-corrected chi connectivity index (χ3v) is 6.33. The molecular formula is C24H31N3O2S. The molecule has 6 heteroatoms. The van der Waals surface area contributed by atoms with Gasteiger partial charge in [0, 0.05) is 29.2 Å². The quantitative estimate of drug-likeness (QED) is 0.463. The predicted molar refractivity (Wildman–Crippen MR) is 124 cm³/mol. The van der Waals surface area contributed by atoms with Crippen molar-refractivity contribution in [2.24, 2.45) is 0 Å². The van der Waals surface area contributed by atoms with Gasteiger partial charge in [0.25, 0.3) is 5.91 Å². The molecule has 160 valence electrons. The van der Waals surface area contributed by atoms with Crippen molar-refractivity contribution >= 4 is 17.2 Å². The van der Waals surface area contributed by atoms with Crippen LogP contribution >= 0.6 is 11.3 Å². The van der Waals surface area contributed by atoms with Crippen LogP contribution in [0.15, 0.2) is 35.7 Å². The Labute approximate surface area is 183 Å². The monoisotopic (exact) mass is 425 g/mol. The molecular weight excluding hydrogens is 394 g/mol. The zero-order chi connectivity index (χ0) is 21.7. The molecule has 0 fully saturated rings. The zero-order valence-electron chi connectivity index (χ0n) is 18.5. The molecule has 0 aliphatic rings. The van der Waals surface area contributed by atoms with Gasteiger partial charge in [-0.3, -0.25) is 4.79 Å². The normalized spacial score (nSPS) is 12.0. The van der Waals surface area contributed by atoms with E-state index in [1.807, 2.05) is 44.2 Å². The van der Waals surface area contributed by atoms with E-state index < -0.39 is 0 Å². The summed E-state index contributed by atoms with van der Waals surface area (Å²) in [5.41, 5.74) is 4.71. The number of nitrogens with zero attached hydrogens (tertiary/aromatic N) is 2. The standard InChI is InChI=1S/C24H31N3O2S/c1-6-8-13-27-17(4)20(23(28)25-16(3)7-2)14-22(27)21-15-30-24(26-21)18-9-11-19(29-5)12-10-18/h9-12,14-16H,6-8,13H2,1-5H3,(H,25,28). The lowest BCUT2D eigenvalue weighted by atomic mass is 10.2. The number of thiazole rings is 1. The van der Waals surface area contributed by atoms with Crippen molar-refractivity contribution in [3.63, 3.8) is 0 Å². The number of ether oxygens (including phenoxy) is 1. The molecule has 30 heavy (non-hydrogen) atoms. The van der Waals surface area contributed by atoms with Gasteiger partial charge in [0.2, 0.25) is 0 Å². The Morgan fingerprint density at radius 1 is 1.27 bits per heavy atom. The molecule has 2 aromatic heterocycles. The first-order chi connectivity index (χ1) is 14.5. The van der Waals surface area contributed by atoms with E-state index in [4.69, 9.17) is 9.72 Å². The Morgan fingerprint density at radius 3 is 2.63 bits per heavy atom. The molecule has 0 aliphatic carbocycles. The van der Waals surface area contributed by atoms with Gasteiger partial charge >= 0.3 is 0 Å². The first-order valence-corrected chi connectivity index (χ1v) is 11.5. The number of rotatable bonds is 9. The minimum absolute atomic E-state index is 0.0102. The van der Waals surface area contributed by atoms with Gasteiger partial charge < -0.3 is 14.6 Å². The highest BCUT2D eigenvalue weighted by atomic mass is 32.1. The molecule has 1 aromatic carbocycles. The van der Waals surface area contributed by atoms with Crippen LogP contribution in [0.4, 0.5) is 0 Å². The maximum Gasteiger partial charge on any atom is 0.253 e. The molecule has 1 atom stereocenters. The lowest BCUT2D eigenvalue weighted by molar-refractivity contribution is 0.0938.